The van der Waals surface area contributed by atoms with E-state index in [4.69, 9.17) is 14.6 Å². The van der Waals surface area contributed by atoms with Gasteiger partial charge in [-0.25, -0.2) is 14.4 Å². The molecule has 1 N–H and O–H groups in total. The van der Waals surface area contributed by atoms with Crippen LogP contribution in [0.25, 0.3) is 0 Å². The minimum atomic E-state index is -0.935. The lowest BCUT2D eigenvalue weighted by Gasteiger charge is -2.09. The molecule has 0 radical (unpaired) electrons. The summed E-state index contributed by atoms with van der Waals surface area (Å²) < 4.78 is 10.1. The summed E-state index contributed by atoms with van der Waals surface area (Å²) >= 11 is 0. The van der Waals surface area contributed by atoms with Gasteiger partial charge in [0.25, 0.3) is 0 Å². The molecule has 2 heterocycles. The molecule has 1 aromatic rings. The summed E-state index contributed by atoms with van der Waals surface area (Å²) in [6.07, 6.45) is 1.41. The van der Waals surface area contributed by atoms with Crippen molar-refractivity contribution >= 4 is 17.9 Å². The molecular weight excluding hydrogens is 288 g/mol. The molecule has 0 atom stereocenters. The number of hydrogen-bond donors (Lipinski definition) is 1. The monoisotopic (exact) mass is 306 g/mol. The van der Waals surface area contributed by atoms with Crippen LogP contribution in [0, 0.1) is 0 Å². The molecule has 1 aromatic carbocycles. The summed E-state index contributed by atoms with van der Waals surface area (Å²) in [4.78, 5) is 32.6. The van der Waals surface area contributed by atoms with Crippen LogP contribution in [0.5, 0.6) is 0 Å². The van der Waals surface area contributed by atoms with Crippen LogP contribution in [-0.2, 0) is 14.3 Å². The van der Waals surface area contributed by atoms with Gasteiger partial charge < -0.3 is 14.6 Å². The molecule has 0 aliphatic carbocycles. The number of fused-ring (bicyclic) bond motifs is 9. The Morgan fingerprint density at radius 3 is 1.59 bits per heavy atom. The predicted molar refractivity (Wildman–Crippen MR) is 78.7 cm³/mol. The molecule has 2 aliphatic rings. The van der Waals surface area contributed by atoms with Crippen molar-refractivity contribution in [2.45, 2.75) is 19.8 Å². The Balaban J connectivity index is 0.000000346. The van der Waals surface area contributed by atoms with Gasteiger partial charge in [-0.2, -0.15) is 0 Å². The Kier molecular flexibility index (Phi) is 6.82. The molecule has 0 aromatic heterocycles. The summed E-state index contributed by atoms with van der Waals surface area (Å²) in [5.74, 6) is -1.63. The van der Waals surface area contributed by atoms with Crippen LogP contribution in [0.1, 0.15) is 40.5 Å². The topological polar surface area (TPSA) is 89.9 Å². The maximum absolute atomic E-state index is 11.5. The van der Waals surface area contributed by atoms with E-state index in [1.807, 2.05) is 0 Å². The van der Waals surface area contributed by atoms with Crippen LogP contribution in [0.2, 0.25) is 0 Å². The van der Waals surface area contributed by atoms with E-state index in [0.717, 1.165) is 0 Å². The molecule has 0 amide bonds. The fourth-order valence-electron chi connectivity index (χ4n) is 1.44. The molecule has 6 nitrogen and oxygen atoms in total. The smallest absolute Gasteiger partial charge is 0.338 e. The minimum absolute atomic E-state index is 0.176. The third-order valence-corrected chi connectivity index (χ3v) is 2.73. The Morgan fingerprint density at radius 2 is 1.32 bits per heavy atom. The lowest BCUT2D eigenvalue weighted by Crippen LogP contribution is -2.12. The number of carbonyl (C=O) groups is 3. The molecule has 118 valence electrons. The van der Waals surface area contributed by atoms with E-state index in [9.17, 15) is 14.4 Å². The number of hydrogen-bond acceptors (Lipinski definition) is 5. The van der Waals surface area contributed by atoms with Gasteiger partial charge in [-0.05, 0) is 44.0 Å². The molecular formula is C16H18O6. The van der Waals surface area contributed by atoms with Gasteiger partial charge >= 0.3 is 17.9 Å². The van der Waals surface area contributed by atoms with Crippen molar-refractivity contribution < 1.29 is 29.0 Å². The summed E-state index contributed by atoms with van der Waals surface area (Å²) in [5, 5.41) is 7.89. The number of esters is 2. The van der Waals surface area contributed by atoms with E-state index in [0.29, 0.717) is 37.2 Å². The van der Waals surface area contributed by atoms with Crippen molar-refractivity contribution in [2.24, 2.45) is 0 Å². The van der Waals surface area contributed by atoms with Crippen LogP contribution in [0.4, 0.5) is 0 Å². The van der Waals surface area contributed by atoms with Crippen molar-refractivity contribution in [2.75, 3.05) is 13.2 Å². The zero-order chi connectivity index (χ0) is 16.5. The van der Waals surface area contributed by atoms with E-state index in [1.165, 1.54) is 6.92 Å². The van der Waals surface area contributed by atoms with Crippen molar-refractivity contribution in [1.82, 2.24) is 0 Å². The number of carbonyl (C=O) groups excluding carboxylic acids is 2. The maximum Gasteiger partial charge on any atom is 0.338 e. The van der Waals surface area contributed by atoms with Gasteiger partial charge in [0.2, 0.25) is 0 Å². The number of benzene rings is 1. The van der Waals surface area contributed by atoms with Crippen molar-refractivity contribution in [3.8, 4) is 0 Å². The highest BCUT2D eigenvalue weighted by Crippen LogP contribution is 2.09. The number of carboxylic acid groups (broad SMARTS) is 1. The second-order valence-corrected chi connectivity index (χ2v) is 4.64. The first-order valence-corrected chi connectivity index (χ1v) is 6.75. The van der Waals surface area contributed by atoms with Crippen molar-refractivity contribution in [3.05, 3.63) is 47.5 Å². The van der Waals surface area contributed by atoms with Crippen LogP contribution in [0.3, 0.4) is 0 Å². The van der Waals surface area contributed by atoms with Crippen LogP contribution < -0.4 is 0 Å². The number of aliphatic carboxylic acids is 1. The normalized spacial score (nSPS) is 14.4. The van der Waals surface area contributed by atoms with Crippen LogP contribution in [0.15, 0.2) is 36.4 Å². The van der Waals surface area contributed by atoms with Gasteiger partial charge in [-0.15, -0.1) is 0 Å². The van der Waals surface area contributed by atoms with Gasteiger partial charge in [0, 0.05) is 5.57 Å². The minimum Gasteiger partial charge on any atom is -0.478 e. The Bertz CT molecular complexity index is 508. The molecule has 0 spiro atoms. The summed E-state index contributed by atoms with van der Waals surface area (Å²) in [5.41, 5.74) is 1.09. The predicted octanol–water partition coefficient (Wildman–Crippen LogP) is 2.44. The average Bonchev–Trinajstić information content (AvgIpc) is 2.49. The van der Waals surface area contributed by atoms with Gasteiger partial charge in [-0.1, -0.05) is 6.58 Å². The number of rotatable bonds is 1. The highest BCUT2D eigenvalue weighted by molar-refractivity contribution is 5.93. The van der Waals surface area contributed by atoms with E-state index < -0.39 is 5.97 Å². The first-order valence-electron chi connectivity index (χ1n) is 6.75. The summed E-state index contributed by atoms with van der Waals surface area (Å²) in [6, 6.07) is 6.28. The SMILES string of the molecule is C=C(C)C(=O)O.O=C1OCCCCOC(=O)c2ccc1cc2. The first-order chi connectivity index (χ1) is 10.4. The van der Waals surface area contributed by atoms with E-state index in [2.05, 4.69) is 6.58 Å². The van der Waals surface area contributed by atoms with Gasteiger partial charge in [0.1, 0.15) is 0 Å². The van der Waals surface area contributed by atoms with Crippen LogP contribution in [-0.4, -0.2) is 36.2 Å². The Morgan fingerprint density at radius 1 is 1.00 bits per heavy atom. The molecule has 0 fully saturated rings. The fraction of sp³-hybridized carbons (Fsp3) is 0.312. The quantitative estimate of drug-likeness (QED) is 0.633. The maximum atomic E-state index is 11.5. The second-order valence-electron chi connectivity index (χ2n) is 4.64. The van der Waals surface area contributed by atoms with E-state index >= 15 is 0 Å². The van der Waals surface area contributed by atoms with E-state index in [-0.39, 0.29) is 17.5 Å². The third-order valence-electron chi connectivity index (χ3n) is 2.73. The van der Waals surface area contributed by atoms with Gasteiger partial charge in [0.05, 0.1) is 24.3 Å². The van der Waals surface area contributed by atoms with Crippen molar-refractivity contribution in [3.63, 3.8) is 0 Å². The van der Waals surface area contributed by atoms with Gasteiger partial charge in [-0.3, -0.25) is 0 Å². The molecule has 0 unspecified atom stereocenters. The third kappa shape index (κ3) is 5.78. The Labute approximate surface area is 128 Å². The largest absolute Gasteiger partial charge is 0.478 e. The molecule has 2 aliphatic heterocycles. The zero-order valence-electron chi connectivity index (χ0n) is 12.3. The van der Waals surface area contributed by atoms with Crippen LogP contribution >= 0.6 is 0 Å². The van der Waals surface area contributed by atoms with E-state index in [1.54, 1.807) is 24.3 Å². The molecule has 2 bridgehead atoms. The Hall–Kier alpha value is -2.63. The van der Waals surface area contributed by atoms with Crippen molar-refractivity contribution in [1.29, 1.82) is 0 Å². The zero-order valence-corrected chi connectivity index (χ0v) is 12.3. The lowest BCUT2D eigenvalue weighted by molar-refractivity contribution is -0.132. The number of carboxylic acids is 1. The second kappa shape index (κ2) is 8.61. The fourth-order valence-corrected chi connectivity index (χ4v) is 1.44. The standard InChI is InChI=1S/C12H12O4.C4H6O2/c13-11-9-3-5-10(6-4-9)12(14)16-8-2-1-7-15-11;1-3(2)4(5)6/h3-6H,1-2,7-8H2;1H2,2H3,(H,5,6). The summed E-state index contributed by atoms with van der Waals surface area (Å²) in [7, 11) is 0. The highest BCUT2D eigenvalue weighted by Gasteiger charge is 2.12. The lowest BCUT2D eigenvalue weighted by atomic mass is 10.1. The molecule has 22 heavy (non-hydrogen) atoms. The first kappa shape index (κ1) is 17.4. The summed E-state index contributed by atoms with van der Waals surface area (Å²) in [6.45, 7) is 5.32. The average molecular weight is 306 g/mol. The molecule has 6 heteroatoms. The number of ether oxygens (including phenoxy) is 2. The molecule has 0 saturated heterocycles. The molecule has 0 saturated carbocycles. The highest BCUT2D eigenvalue weighted by atomic mass is 16.5. The van der Waals surface area contributed by atoms with Gasteiger partial charge in [0.15, 0.2) is 0 Å². The molecule has 3 rings (SSSR count).